The van der Waals surface area contributed by atoms with Crippen LogP contribution in [0.3, 0.4) is 0 Å². The summed E-state index contributed by atoms with van der Waals surface area (Å²) in [4.78, 5) is 12.1. The molecule has 0 bridgehead atoms. The smallest absolute Gasteiger partial charge is 0.227 e. The van der Waals surface area contributed by atoms with Gasteiger partial charge in [0.25, 0.3) is 0 Å². The molecule has 0 radical (unpaired) electrons. The van der Waals surface area contributed by atoms with Crippen LogP contribution >= 0.6 is 0 Å². The van der Waals surface area contributed by atoms with Crippen LogP contribution < -0.4 is 5.32 Å². The van der Waals surface area contributed by atoms with Crippen LogP contribution in [0.25, 0.3) is 0 Å². The van der Waals surface area contributed by atoms with Crippen LogP contribution in [0, 0.1) is 5.82 Å². The fourth-order valence-electron chi connectivity index (χ4n) is 2.62. The van der Waals surface area contributed by atoms with Gasteiger partial charge in [0.15, 0.2) is 0 Å². The van der Waals surface area contributed by atoms with Gasteiger partial charge < -0.3 is 15.2 Å². The highest BCUT2D eigenvalue weighted by molar-refractivity contribution is 5.92. The van der Waals surface area contributed by atoms with Crippen LogP contribution in [0.15, 0.2) is 42.5 Å². The molecule has 0 saturated carbocycles. The number of anilines is 1. The fraction of sp³-hybridized carbons (Fsp3) is 0.235. The monoisotopic (exact) mass is 301 g/mol. The highest BCUT2D eigenvalue weighted by Crippen LogP contribution is 2.30. The molecule has 1 aliphatic heterocycles. The van der Waals surface area contributed by atoms with E-state index in [1.807, 2.05) is 24.3 Å². The standard InChI is InChI=1S/C17H16FNO3/c18-12-5-6-15(20)14(9-12)19-17(21)10-16-13-4-2-1-3-11(13)7-8-22-16/h1-6,9,16,20H,7-8,10H2,(H,19,21). The fourth-order valence-corrected chi connectivity index (χ4v) is 2.62. The largest absolute Gasteiger partial charge is 0.506 e. The van der Waals surface area contributed by atoms with E-state index in [2.05, 4.69) is 5.32 Å². The maximum absolute atomic E-state index is 13.2. The first-order chi connectivity index (χ1) is 10.6. The van der Waals surface area contributed by atoms with Crippen LogP contribution in [0.1, 0.15) is 23.7 Å². The van der Waals surface area contributed by atoms with Gasteiger partial charge in [-0.05, 0) is 29.7 Å². The van der Waals surface area contributed by atoms with Gasteiger partial charge in [0.05, 0.1) is 24.8 Å². The van der Waals surface area contributed by atoms with E-state index in [1.165, 1.54) is 11.6 Å². The van der Waals surface area contributed by atoms with Crippen molar-refractivity contribution in [2.75, 3.05) is 11.9 Å². The number of fused-ring (bicyclic) bond motifs is 1. The summed E-state index contributed by atoms with van der Waals surface area (Å²) < 4.78 is 18.8. The zero-order chi connectivity index (χ0) is 15.5. The second kappa shape index (κ2) is 6.15. The number of phenolic OH excluding ortho intramolecular Hbond substituents is 1. The SMILES string of the molecule is O=C(CC1OCCc2ccccc21)Nc1cc(F)ccc1O. The molecular weight excluding hydrogens is 285 g/mol. The van der Waals surface area contributed by atoms with E-state index in [4.69, 9.17) is 4.74 Å². The molecule has 0 aliphatic carbocycles. The number of hydrogen-bond acceptors (Lipinski definition) is 3. The number of hydrogen-bond donors (Lipinski definition) is 2. The first-order valence-electron chi connectivity index (χ1n) is 7.11. The van der Waals surface area contributed by atoms with Crippen molar-refractivity contribution in [1.82, 2.24) is 0 Å². The van der Waals surface area contributed by atoms with E-state index in [9.17, 15) is 14.3 Å². The Kier molecular flexibility index (Phi) is 4.06. The van der Waals surface area contributed by atoms with Crippen molar-refractivity contribution in [2.45, 2.75) is 18.9 Å². The summed E-state index contributed by atoms with van der Waals surface area (Å²) in [5, 5.41) is 12.2. The highest BCUT2D eigenvalue weighted by atomic mass is 19.1. The van der Waals surface area contributed by atoms with Gasteiger partial charge in [-0.2, -0.15) is 0 Å². The summed E-state index contributed by atoms with van der Waals surface area (Å²) >= 11 is 0. The number of carbonyl (C=O) groups excluding carboxylic acids is 1. The van der Waals surface area contributed by atoms with Crippen molar-refractivity contribution in [3.63, 3.8) is 0 Å². The number of amides is 1. The van der Waals surface area contributed by atoms with Crippen LogP contribution in [0.5, 0.6) is 5.75 Å². The molecule has 2 aromatic carbocycles. The number of ether oxygens (including phenoxy) is 1. The summed E-state index contributed by atoms with van der Waals surface area (Å²) in [5.41, 5.74) is 2.25. The molecule has 1 amide bonds. The second-order valence-electron chi connectivity index (χ2n) is 5.22. The van der Waals surface area contributed by atoms with Crippen molar-refractivity contribution in [1.29, 1.82) is 0 Å². The Bertz CT molecular complexity index is 702. The number of benzene rings is 2. The lowest BCUT2D eigenvalue weighted by molar-refractivity contribution is -0.119. The Balaban J connectivity index is 1.72. The number of halogens is 1. The van der Waals surface area contributed by atoms with Crippen molar-refractivity contribution < 1.29 is 19.0 Å². The van der Waals surface area contributed by atoms with E-state index in [1.54, 1.807) is 0 Å². The maximum atomic E-state index is 13.2. The zero-order valence-electron chi connectivity index (χ0n) is 11.9. The predicted molar refractivity (Wildman–Crippen MR) is 80.2 cm³/mol. The molecule has 0 spiro atoms. The topological polar surface area (TPSA) is 58.6 Å². The van der Waals surface area contributed by atoms with Gasteiger partial charge in [0.2, 0.25) is 5.91 Å². The Morgan fingerprint density at radius 3 is 3.00 bits per heavy atom. The normalized spacial score (nSPS) is 16.9. The average molecular weight is 301 g/mol. The van der Waals surface area contributed by atoms with Crippen molar-refractivity contribution in [2.24, 2.45) is 0 Å². The Morgan fingerprint density at radius 2 is 2.14 bits per heavy atom. The highest BCUT2D eigenvalue weighted by Gasteiger charge is 2.23. The molecule has 4 nitrogen and oxygen atoms in total. The van der Waals surface area contributed by atoms with Crippen LogP contribution in [0.4, 0.5) is 10.1 Å². The molecule has 5 heteroatoms. The third-order valence-corrected chi connectivity index (χ3v) is 3.70. The van der Waals surface area contributed by atoms with E-state index in [0.29, 0.717) is 6.61 Å². The van der Waals surface area contributed by atoms with Gasteiger partial charge in [-0.25, -0.2) is 4.39 Å². The van der Waals surface area contributed by atoms with Gasteiger partial charge in [-0.3, -0.25) is 4.79 Å². The predicted octanol–water partition coefficient (Wildman–Crippen LogP) is 3.17. The number of rotatable bonds is 3. The maximum Gasteiger partial charge on any atom is 0.227 e. The van der Waals surface area contributed by atoms with Crippen molar-refractivity contribution >= 4 is 11.6 Å². The second-order valence-corrected chi connectivity index (χ2v) is 5.22. The molecule has 2 N–H and O–H groups in total. The third kappa shape index (κ3) is 3.09. The van der Waals surface area contributed by atoms with Crippen molar-refractivity contribution in [3.05, 3.63) is 59.4 Å². The summed E-state index contributed by atoms with van der Waals surface area (Å²) in [7, 11) is 0. The molecule has 22 heavy (non-hydrogen) atoms. The molecule has 0 fully saturated rings. The van der Waals surface area contributed by atoms with Gasteiger partial charge in [0, 0.05) is 6.07 Å². The van der Waals surface area contributed by atoms with Crippen LogP contribution in [-0.4, -0.2) is 17.6 Å². The minimum absolute atomic E-state index is 0.0640. The van der Waals surface area contributed by atoms with Gasteiger partial charge in [-0.15, -0.1) is 0 Å². The molecule has 3 rings (SSSR count). The van der Waals surface area contributed by atoms with E-state index >= 15 is 0 Å². The van der Waals surface area contributed by atoms with E-state index in [-0.39, 0.29) is 29.9 Å². The number of carbonyl (C=O) groups is 1. The van der Waals surface area contributed by atoms with Gasteiger partial charge in [-0.1, -0.05) is 24.3 Å². The molecule has 2 aromatic rings. The quantitative estimate of drug-likeness (QED) is 0.856. The minimum Gasteiger partial charge on any atom is -0.506 e. The summed E-state index contributed by atoms with van der Waals surface area (Å²) in [6.07, 6.45) is 0.632. The summed E-state index contributed by atoms with van der Waals surface area (Å²) in [5.74, 6) is -1.02. The molecule has 114 valence electrons. The molecule has 1 heterocycles. The Morgan fingerprint density at radius 1 is 1.32 bits per heavy atom. The molecule has 1 aliphatic rings. The minimum atomic E-state index is -0.521. The average Bonchev–Trinajstić information content (AvgIpc) is 2.51. The van der Waals surface area contributed by atoms with Crippen molar-refractivity contribution in [3.8, 4) is 5.75 Å². The number of nitrogens with one attached hydrogen (secondary N) is 1. The summed E-state index contributed by atoms with van der Waals surface area (Å²) in [6, 6.07) is 11.3. The van der Waals surface area contributed by atoms with Gasteiger partial charge >= 0.3 is 0 Å². The zero-order valence-corrected chi connectivity index (χ0v) is 11.9. The number of phenols is 1. The molecule has 0 saturated heterocycles. The van der Waals surface area contributed by atoms with Gasteiger partial charge in [0.1, 0.15) is 11.6 Å². The first-order valence-corrected chi connectivity index (χ1v) is 7.11. The lowest BCUT2D eigenvalue weighted by Gasteiger charge is -2.25. The van der Waals surface area contributed by atoms with Crippen LogP contribution in [0.2, 0.25) is 0 Å². The molecule has 1 unspecified atom stereocenters. The Hall–Kier alpha value is -2.40. The molecule has 1 atom stereocenters. The lowest BCUT2D eigenvalue weighted by Crippen LogP contribution is -2.22. The third-order valence-electron chi connectivity index (χ3n) is 3.70. The first kappa shape index (κ1) is 14.5. The Labute approximate surface area is 127 Å². The lowest BCUT2D eigenvalue weighted by atomic mass is 9.95. The molecule has 0 aromatic heterocycles. The van der Waals surface area contributed by atoms with E-state index in [0.717, 1.165) is 24.1 Å². The summed E-state index contributed by atoms with van der Waals surface area (Å²) in [6.45, 7) is 0.570. The van der Waals surface area contributed by atoms with E-state index < -0.39 is 5.82 Å². The van der Waals surface area contributed by atoms with Crippen LogP contribution in [-0.2, 0) is 16.0 Å². The number of aromatic hydroxyl groups is 1. The molecular formula is C17H16FNO3.